The highest BCUT2D eigenvalue weighted by molar-refractivity contribution is 5.92. The number of aromatic nitrogens is 2. The summed E-state index contributed by atoms with van der Waals surface area (Å²) in [5.74, 6) is 0.643. The average Bonchev–Trinajstić information content (AvgIpc) is 3.31. The number of anilines is 1. The number of benzene rings is 2. The molecule has 0 unspecified atom stereocenters. The topological polar surface area (TPSA) is 88.5 Å². The second-order valence-corrected chi connectivity index (χ2v) is 8.76. The summed E-state index contributed by atoms with van der Waals surface area (Å²) in [5, 5.41) is 10.8. The summed E-state index contributed by atoms with van der Waals surface area (Å²) >= 11 is 0. The summed E-state index contributed by atoms with van der Waals surface area (Å²) < 4.78 is 6.78. The molecule has 0 spiro atoms. The summed E-state index contributed by atoms with van der Waals surface area (Å²) in [6.45, 7) is 3.00. The van der Waals surface area contributed by atoms with Crippen LogP contribution in [0.1, 0.15) is 19.3 Å². The SMILES string of the molecule is COCCCNC(=O)C1CCN(CC(=O)Nc2cc(-c3ccccc3)nn2-c2ccccc2)CC1. The van der Waals surface area contributed by atoms with Gasteiger partial charge in [0.1, 0.15) is 5.82 Å². The van der Waals surface area contributed by atoms with E-state index in [0.29, 0.717) is 19.0 Å². The average molecular weight is 476 g/mol. The van der Waals surface area contributed by atoms with E-state index in [1.54, 1.807) is 11.8 Å². The van der Waals surface area contributed by atoms with E-state index < -0.39 is 0 Å². The highest BCUT2D eigenvalue weighted by Gasteiger charge is 2.26. The molecule has 2 heterocycles. The van der Waals surface area contributed by atoms with Crippen LogP contribution in [-0.2, 0) is 14.3 Å². The molecule has 4 rings (SSSR count). The van der Waals surface area contributed by atoms with E-state index in [9.17, 15) is 9.59 Å². The standard InChI is InChI=1S/C27H33N5O3/c1-35-18-8-15-28-27(34)22-13-16-31(17-14-22)20-26(33)29-25-19-24(21-9-4-2-5-10-21)30-32(25)23-11-6-3-7-12-23/h2-7,9-12,19,22H,8,13-18,20H2,1H3,(H,28,34)(H,29,33). The molecule has 184 valence electrons. The number of carbonyl (C=O) groups excluding carboxylic acids is 2. The van der Waals surface area contributed by atoms with Crippen molar-refractivity contribution in [3.05, 3.63) is 66.7 Å². The van der Waals surface area contributed by atoms with Gasteiger partial charge in [0.15, 0.2) is 0 Å². The maximum atomic E-state index is 12.9. The van der Waals surface area contributed by atoms with Crippen LogP contribution in [0.25, 0.3) is 16.9 Å². The van der Waals surface area contributed by atoms with E-state index >= 15 is 0 Å². The molecule has 0 radical (unpaired) electrons. The van der Waals surface area contributed by atoms with E-state index in [1.807, 2.05) is 66.7 Å². The zero-order chi connectivity index (χ0) is 24.5. The van der Waals surface area contributed by atoms with Gasteiger partial charge in [0.2, 0.25) is 11.8 Å². The van der Waals surface area contributed by atoms with Crippen molar-refractivity contribution in [1.29, 1.82) is 0 Å². The molecule has 1 aromatic heterocycles. The number of methoxy groups -OCH3 is 1. The van der Waals surface area contributed by atoms with E-state index in [4.69, 9.17) is 9.84 Å². The first-order valence-electron chi connectivity index (χ1n) is 12.1. The normalized spacial score (nSPS) is 14.5. The molecule has 2 amide bonds. The molecule has 1 fully saturated rings. The fourth-order valence-electron chi connectivity index (χ4n) is 4.30. The zero-order valence-corrected chi connectivity index (χ0v) is 20.2. The highest BCUT2D eigenvalue weighted by Crippen LogP contribution is 2.25. The number of carbonyl (C=O) groups is 2. The lowest BCUT2D eigenvalue weighted by atomic mass is 9.96. The Hall–Kier alpha value is -3.49. The minimum absolute atomic E-state index is 0.00444. The highest BCUT2D eigenvalue weighted by atomic mass is 16.5. The third-order valence-corrected chi connectivity index (χ3v) is 6.20. The Bertz CT molecular complexity index is 1090. The van der Waals surface area contributed by atoms with Gasteiger partial charge in [0.25, 0.3) is 0 Å². The summed E-state index contributed by atoms with van der Waals surface area (Å²) in [4.78, 5) is 27.4. The van der Waals surface area contributed by atoms with Gasteiger partial charge in [0, 0.05) is 37.8 Å². The van der Waals surface area contributed by atoms with Crippen LogP contribution in [-0.4, -0.2) is 66.4 Å². The number of ether oxygens (including phenoxy) is 1. The van der Waals surface area contributed by atoms with E-state index in [1.165, 1.54) is 0 Å². The van der Waals surface area contributed by atoms with Crippen LogP contribution in [0.2, 0.25) is 0 Å². The number of hydrogen-bond donors (Lipinski definition) is 2. The number of rotatable bonds is 10. The molecule has 35 heavy (non-hydrogen) atoms. The van der Waals surface area contributed by atoms with Crippen molar-refractivity contribution < 1.29 is 14.3 Å². The second-order valence-electron chi connectivity index (χ2n) is 8.76. The molecule has 2 aromatic carbocycles. The number of piperidine rings is 1. The van der Waals surface area contributed by atoms with Crippen LogP contribution in [0.15, 0.2) is 66.7 Å². The molecule has 1 aliphatic rings. The summed E-state index contributed by atoms with van der Waals surface area (Å²) in [7, 11) is 1.66. The monoisotopic (exact) mass is 475 g/mol. The zero-order valence-electron chi connectivity index (χ0n) is 20.2. The molecule has 1 aliphatic heterocycles. The summed E-state index contributed by atoms with van der Waals surface area (Å²) in [6, 6.07) is 21.6. The van der Waals surface area contributed by atoms with Gasteiger partial charge >= 0.3 is 0 Å². The molecule has 0 aliphatic carbocycles. The minimum atomic E-state index is -0.0934. The third kappa shape index (κ3) is 6.77. The summed E-state index contributed by atoms with van der Waals surface area (Å²) in [5.41, 5.74) is 2.66. The minimum Gasteiger partial charge on any atom is -0.385 e. The maximum Gasteiger partial charge on any atom is 0.239 e. The predicted molar refractivity (Wildman–Crippen MR) is 136 cm³/mol. The Balaban J connectivity index is 1.35. The van der Waals surface area contributed by atoms with Gasteiger partial charge in [-0.15, -0.1) is 0 Å². The van der Waals surface area contributed by atoms with Crippen molar-refractivity contribution in [3.8, 4) is 16.9 Å². The van der Waals surface area contributed by atoms with Crippen LogP contribution in [0, 0.1) is 5.92 Å². The van der Waals surface area contributed by atoms with Crippen molar-refractivity contribution in [2.45, 2.75) is 19.3 Å². The largest absolute Gasteiger partial charge is 0.385 e. The molecule has 1 saturated heterocycles. The van der Waals surface area contributed by atoms with Crippen LogP contribution >= 0.6 is 0 Å². The molecule has 0 saturated carbocycles. The number of para-hydroxylation sites is 1. The number of amides is 2. The fourth-order valence-corrected chi connectivity index (χ4v) is 4.30. The first-order chi connectivity index (χ1) is 17.1. The molecule has 0 atom stereocenters. The van der Waals surface area contributed by atoms with Gasteiger partial charge in [0.05, 0.1) is 17.9 Å². The van der Waals surface area contributed by atoms with Crippen LogP contribution in [0.3, 0.4) is 0 Å². The predicted octanol–water partition coefficient (Wildman–Crippen LogP) is 3.34. The van der Waals surface area contributed by atoms with Gasteiger partial charge in [-0.05, 0) is 44.5 Å². The summed E-state index contributed by atoms with van der Waals surface area (Å²) in [6.07, 6.45) is 2.32. The van der Waals surface area contributed by atoms with Crippen LogP contribution in [0.5, 0.6) is 0 Å². The molecule has 8 heteroatoms. The third-order valence-electron chi connectivity index (χ3n) is 6.20. The van der Waals surface area contributed by atoms with Crippen LogP contribution in [0.4, 0.5) is 5.82 Å². The molecular weight excluding hydrogens is 442 g/mol. The Morgan fingerprint density at radius 1 is 1.03 bits per heavy atom. The molecular formula is C27H33N5O3. The first kappa shape index (κ1) is 24.6. The Kier molecular flexibility index (Phi) is 8.64. The first-order valence-corrected chi connectivity index (χ1v) is 12.1. The molecule has 2 N–H and O–H groups in total. The van der Waals surface area contributed by atoms with Crippen molar-refractivity contribution in [2.75, 3.05) is 45.2 Å². The van der Waals surface area contributed by atoms with Gasteiger partial charge in [-0.2, -0.15) is 5.10 Å². The Morgan fingerprint density at radius 3 is 2.40 bits per heavy atom. The lowest BCUT2D eigenvalue weighted by Gasteiger charge is -2.30. The van der Waals surface area contributed by atoms with Crippen molar-refractivity contribution >= 4 is 17.6 Å². The maximum absolute atomic E-state index is 12.9. The fraction of sp³-hybridized carbons (Fsp3) is 0.370. The Morgan fingerprint density at radius 2 is 1.71 bits per heavy atom. The van der Waals surface area contributed by atoms with Crippen molar-refractivity contribution in [3.63, 3.8) is 0 Å². The van der Waals surface area contributed by atoms with Gasteiger partial charge < -0.3 is 15.4 Å². The van der Waals surface area contributed by atoms with Gasteiger partial charge in [-0.1, -0.05) is 48.5 Å². The second kappa shape index (κ2) is 12.3. The van der Waals surface area contributed by atoms with Gasteiger partial charge in [-0.3, -0.25) is 14.5 Å². The van der Waals surface area contributed by atoms with E-state index in [-0.39, 0.29) is 24.3 Å². The van der Waals surface area contributed by atoms with Crippen LogP contribution < -0.4 is 10.6 Å². The lowest BCUT2D eigenvalue weighted by molar-refractivity contribution is -0.126. The smallest absolute Gasteiger partial charge is 0.239 e. The lowest BCUT2D eigenvalue weighted by Crippen LogP contribution is -2.43. The van der Waals surface area contributed by atoms with Gasteiger partial charge in [-0.25, -0.2) is 4.68 Å². The molecule has 0 bridgehead atoms. The molecule has 3 aromatic rings. The number of nitrogens with zero attached hydrogens (tertiary/aromatic N) is 3. The molecule has 8 nitrogen and oxygen atoms in total. The number of nitrogens with one attached hydrogen (secondary N) is 2. The number of hydrogen-bond acceptors (Lipinski definition) is 5. The Labute approximate surface area is 206 Å². The number of likely N-dealkylation sites (tertiary alicyclic amines) is 1. The van der Waals surface area contributed by atoms with E-state index in [0.717, 1.165) is 49.3 Å². The van der Waals surface area contributed by atoms with Crippen molar-refractivity contribution in [1.82, 2.24) is 20.0 Å². The van der Waals surface area contributed by atoms with E-state index in [2.05, 4.69) is 15.5 Å². The quantitative estimate of drug-likeness (QED) is 0.439. The van der Waals surface area contributed by atoms with Crippen molar-refractivity contribution in [2.24, 2.45) is 5.92 Å².